The van der Waals surface area contributed by atoms with Gasteiger partial charge >= 0.3 is 5.97 Å². The molecule has 1 saturated heterocycles. The third kappa shape index (κ3) is 3.81. The number of carbonyl (C=O) groups excluding carboxylic acids is 1. The SMILES string of the molecule is Cc1ccc(N(CC(=O)O)C(=O)CC2CCCO2)cc1. The van der Waals surface area contributed by atoms with E-state index in [0.29, 0.717) is 12.3 Å². The maximum atomic E-state index is 12.3. The summed E-state index contributed by atoms with van der Waals surface area (Å²) >= 11 is 0. The largest absolute Gasteiger partial charge is 0.480 e. The van der Waals surface area contributed by atoms with Gasteiger partial charge in [0.15, 0.2) is 0 Å². The van der Waals surface area contributed by atoms with E-state index in [0.717, 1.165) is 18.4 Å². The lowest BCUT2D eigenvalue weighted by atomic mass is 10.1. The van der Waals surface area contributed by atoms with E-state index in [2.05, 4.69) is 0 Å². The van der Waals surface area contributed by atoms with Gasteiger partial charge in [0.05, 0.1) is 12.5 Å². The second-order valence-electron chi connectivity index (χ2n) is 5.05. The van der Waals surface area contributed by atoms with Crippen LogP contribution in [0, 0.1) is 6.92 Å². The van der Waals surface area contributed by atoms with Gasteiger partial charge in [0.25, 0.3) is 0 Å². The van der Waals surface area contributed by atoms with Crippen LogP contribution >= 0.6 is 0 Å². The molecule has 1 amide bonds. The van der Waals surface area contributed by atoms with Gasteiger partial charge in [-0.2, -0.15) is 0 Å². The molecule has 0 aliphatic carbocycles. The van der Waals surface area contributed by atoms with E-state index in [1.54, 1.807) is 12.1 Å². The van der Waals surface area contributed by atoms with Crippen LogP contribution < -0.4 is 4.90 Å². The van der Waals surface area contributed by atoms with Crippen molar-refractivity contribution in [3.8, 4) is 0 Å². The Morgan fingerprint density at radius 2 is 2.05 bits per heavy atom. The number of aliphatic carboxylic acids is 1. The molecule has 2 rings (SSSR count). The fourth-order valence-electron chi connectivity index (χ4n) is 2.29. The van der Waals surface area contributed by atoms with Gasteiger partial charge in [0.1, 0.15) is 6.54 Å². The molecule has 5 nitrogen and oxygen atoms in total. The maximum absolute atomic E-state index is 12.3. The Kier molecular flexibility index (Phi) is 4.74. The van der Waals surface area contributed by atoms with Crippen LogP contribution in [0.3, 0.4) is 0 Å². The van der Waals surface area contributed by atoms with E-state index in [-0.39, 0.29) is 25.0 Å². The first kappa shape index (κ1) is 14.5. The van der Waals surface area contributed by atoms with E-state index in [1.165, 1.54) is 4.90 Å². The molecule has 1 atom stereocenters. The van der Waals surface area contributed by atoms with Gasteiger partial charge in [0, 0.05) is 12.3 Å². The summed E-state index contributed by atoms with van der Waals surface area (Å²) in [5.74, 6) is -1.23. The first-order valence-electron chi connectivity index (χ1n) is 6.76. The molecule has 0 radical (unpaired) electrons. The minimum Gasteiger partial charge on any atom is -0.480 e. The molecule has 5 heteroatoms. The third-order valence-electron chi connectivity index (χ3n) is 3.37. The highest BCUT2D eigenvalue weighted by molar-refractivity contribution is 5.97. The van der Waals surface area contributed by atoms with Crippen LogP contribution in [0.4, 0.5) is 5.69 Å². The van der Waals surface area contributed by atoms with Gasteiger partial charge in [-0.3, -0.25) is 9.59 Å². The lowest BCUT2D eigenvalue weighted by Crippen LogP contribution is -2.37. The fourth-order valence-corrected chi connectivity index (χ4v) is 2.29. The fraction of sp³-hybridized carbons (Fsp3) is 0.467. The summed E-state index contributed by atoms with van der Waals surface area (Å²) in [5, 5.41) is 8.98. The van der Waals surface area contributed by atoms with Crippen molar-refractivity contribution < 1.29 is 19.4 Å². The number of amides is 1. The number of anilines is 1. The maximum Gasteiger partial charge on any atom is 0.323 e. The highest BCUT2D eigenvalue weighted by Gasteiger charge is 2.24. The number of ether oxygens (including phenoxy) is 1. The van der Waals surface area contributed by atoms with Crippen LogP contribution in [-0.4, -0.2) is 36.2 Å². The van der Waals surface area contributed by atoms with Crippen LogP contribution in [0.15, 0.2) is 24.3 Å². The van der Waals surface area contributed by atoms with Gasteiger partial charge in [0.2, 0.25) is 5.91 Å². The zero-order valence-electron chi connectivity index (χ0n) is 11.5. The second-order valence-corrected chi connectivity index (χ2v) is 5.05. The molecule has 1 unspecified atom stereocenters. The van der Waals surface area contributed by atoms with E-state index in [9.17, 15) is 9.59 Å². The number of carbonyl (C=O) groups is 2. The molecule has 1 N–H and O–H groups in total. The number of hydrogen-bond acceptors (Lipinski definition) is 3. The van der Waals surface area contributed by atoms with Crippen molar-refractivity contribution in [2.45, 2.75) is 32.3 Å². The molecule has 0 aromatic heterocycles. The molecular formula is C15H19NO4. The van der Waals surface area contributed by atoms with Crippen molar-refractivity contribution in [1.29, 1.82) is 0 Å². The molecule has 0 saturated carbocycles. The highest BCUT2D eigenvalue weighted by Crippen LogP contribution is 2.20. The van der Waals surface area contributed by atoms with Gasteiger partial charge in [-0.05, 0) is 31.9 Å². The van der Waals surface area contributed by atoms with Gasteiger partial charge in [-0.15, -0.1) is 0 Å². The second kappa shape index (κ2) is 6.52. The Hall–Kier alpha value is -1.88. The lowest BCUT2D eigenvalue weighted by molar-refractivity contribution is -0.137. The summed E-state index contributed by atoms with van der Waals surface area (Å²) in [6, 6.07) is 7.27. The number of hydrogen-bond donors (Lipinski definition) is 1. The van der Waals surface area contributed by atoms with Crippen molar-refractivity contribution in [1.82, 2.24) is 0 Å². The number of rotatable bonds is 5. The molecule has 20 heavy (non-hydrogen) atoms. The van der Waals surface area contributed by atoms with Crippen molar-refractivity contribution in [3.63, 3.8) is 0 Å². The molecule has 1 aliphatic rings. The summed E-state index contributed by atoms with van der Waals surface area (Å²) in [4.78, 5) is 24.6. The number of carboxylic acids is 1. The highest BCUT2D eigenvalue weighted by atomic mass is 16.5. The number of nitrogens with zero attached hydrogens (tertiary/aromatic N) is 1. The number of carboxylic acid groups (broad SMARTS) is 1. The standard InChI is InChI=1S/C15H19NO4/c1-11-4-6-12(7-5-11)16(10-15(18)19)14(17)9-13-3-2-8-20-13/h4-7,13H,2-3,8-10H2,1H3,(H,18,19). The van der Waals surface area contributed by atoms with Crippen LogP contribution in [-0.2, 0) is 14.3 Å². The monoisotopic (exact) mass is 277 g/mol. The van der Waals surface area contributed by atoms with E-state index in [4.69, 9.17) is 9.84 Å². The first-order chi connectivity index (χ1) is 9.56. The zero-order chi connectivity index (χ0) is 14.5. The topological polar surface area (TPSA) is 66.8 Å². The minimum atomic E-state index is -1.02. The first-order valence-corrected chi connectivity index (χ1v) is 6.76. The predicted molar refractivity (Wildman–Crippen MR) is 74.8 cm³/mol. The molecule has 0 bridgehead atoms. The van der Waals surface area contributed by atoms with Crippen molar-refractivity contribution in [3.05, 3.63) is 29.8 Å². The molecule has 0 spiro atoms. The Morgan fingerprint density at radius 3 is 2.60 bits per heavy atom. The lowest BCUT2D eigenvalue weighted by Gasteiger charge is -2.22. The van der Waals surface area contributed by atoms with Crippen molar-refractivity contribution in [2.75, 3.05) is 18.1 Å². The third-order valence-corrected chi connectivity index (χ3v) is 3.37. The van der Waals surface area contributed by atoms with E-state index >= 15 is 0 Å². The van der Waals surface area contributed by atoms with Gasteiger partial charge < -0.3 is 14.7 Å². The number of aryl methyl sites for hydroxylation is 1. The number of benzene rings is 1. The summed E-state index contributed by atoms with van der Waals surface area (Å²) < 4.78 is 5.44. The van der Waals surface area contributed by atoms with E-state index < -0.39 is 5.97 Å². The van der Waals surface area contributed by atoms with E-state index in [1.807, 2.05) is 19.1 Å². The Bertz CT molecular complexity index is 477. The van der Waals surface area contributed by atoms with Gasteiger partial charge in [-0.1, -0.05) is 17.7 Å². The molecule has 1 aromatic rings. The van der Waals surface area contributed by atoms with Crippen LogP contribution in [0.25, 0.3) is 0 Å². The molecule has 108 valence electrons. The Morgan fingerprint density at radius 1 is 1.35 bits per heavy atom. The molecular weight excluding hydrogens is 258 g/mol. The normalized spacial score (nSPS) is 17.9. The minimum absolute atomic E-state index is 0.0794. The zero-order valence-corrected chi connectivity index (χ0v) is 11.5. The quantitative estimate of drug-likeness (QED) is 0.893. The van der Waals surface area contributed by atoms with Crippen molar-refractivity contribution in [2.24, 2.45) is 0 Å². The average Bonchev–Trinajstić information content (AvgIpc) is 2.89. The Labute approximate surface area is 118 Å². The summed E-state index contributed by atoms with van der Waals surface area (Å²) in [6.07, 6.45) is 1.98. The van der Waals surface area contributed by atoms with Crippen LogP contribution in [0.5, 0.6) is 0 Å². The molecule has 1 aliphatic heterocycles. The molecule has 1 heterocycles. The predicted octanol–water partition coefficient (Wildman–Crippen LogP) is 1.98. The molecule has 1 aromatic carbocycles. The average molecular weight is 277 g/mol. The van der Waals surface area contributed by atoms with Crippen molar-refractivity contribution >= 4 is 17.6 Å². The summed E-state index contributed by atoms with van der Waals surface area (Å²) in [7, 11) is 0. The van der Waals surface area contributed by atoms with Crippen LogP contribution in [0.2, 0.25) is 0 Å². The van der Waals surface area contributed by atoms with Gasteiger partial charge in [-0.25, -0.2) is 0 Å². The van der Waals surface area contributed by atoms with Crippen LogP contribution in [0.1, 0.15) is 24.8 Å². The molecule has 1 fully saturated rings. The summed E-state index contributed by atoms with van der Waals surface area (Å²) in [5.41, 5.74) is 1.68. The Balaban J connectivity index is 2.11. The smallest absolute Gasteiger partial charge is 0.323 e. The summed E-state index contributed by atoms with van der Waals surface area (Å²) in [6.45, 7) is 2.30.